The molecule has 0 saturated carbocycles. The molecule has 4 aliphatic rings. The van der Waals surface area contributed by atoms with E-state index in [2.05, 4.69) is 138 Å². The van der Waals surface area contributed by atoms with Crippen molar-refractivity contribution in [1.82, 2.24) is 19.6 Å². The molecule has 384 valence electrons. The van der Waals surface area contributed by atoms with Crippen LogP contribution in [0.15, 0.2) is 130 Å². The smallest absolute Gasteiger partial charge is 0.410 e. The van der Waals surface area contributed by atoms with E-state index in [0.29, 0.717) is 39.3 Å². The minimum Gasteiger partial charge on any atom is -0.444 e. The highest BCUT2D eigenvalue weighted by Gasteiger charge is 2.43. The van der Waals surface area contributed by atoms with Gasteiger partial charge in [0.15, 0.2) is 11.6 Å². The van der Waals surface area contributed by atoms with Crippen LogP contribution in [0, 0.1) is 10.8 Å². The number of carbonyl (C=O) groups excluding carboxylic acids is 4. The minimum absolute atomic E-state index is 0.181. The Morgan fingerprint density at radius 3 is 1.17 bits per heavy atom. The zero-order chi connectivity index (χ0) is 52.2. The van der Waals surface area contributed by atoms with E-state index in [4.69, 9.17) is 9.47 Å². The summed E-state index contributed by atoms with van der Waals surface area (Å²) in [6.45, 7) is 37.7. The highest BCUT2D eigenvalue weighted by molar-refractivity contribution is 6.02. The fourth-order valence-electron chi connectivity index (χ4n) is 9.73. The molecule has 0 aromatic rings. The molecule has 10 heteroatoms. The van der Waals surface area contributed by atoms with E-state index in [9.17, 15) is 19.2 Å². The van der Waals surface area contributed by atoms with Crippen LogP contribution in [0.5, 0.6) is 0 Å². The van der Waals surface area contributed by atoms with Crippen molar-refractivity contribution in [3.8, 4) is 0 Å². The molecule has 2 saturated heterocycles. The monoisotopic (exact) mass is 961 g/mol. The Morgan fingerprint density at radius 1 is 0.500 bits per heavy atom. The van der Waals surface area contributed by atoms with Crippen molar-refractivity contribution in [3.63, 3.8) is 0 Å². The van der Waals surface area contributed by atoms with Crippen LogP contribution in [-0.2, 0) is 19.1 Å². The van der Waals surface area contributed by atoms with E-state index in [-0.39, 0.29) is 46.7 Å². The van der Waals surface area contributed by atoms with Gasteiger partial charge < -0.3 is 19.3 Å². The molecule has 2 unspecified atom stereocenters. The molecule has 2 fully saturated rings. The topological polar surface area (TPSA) is 99.7 Å². The van der Waals surface area contributed by atoms with Crippen LogP contribution >= 0.6 is 0 Å². The lowest BCUT2D eigenvalue weighted by Crippen LogP contribution is -2.49. The van der Waals surface area contributed by atoms with Crippen LogP contribution in [-0.4, -0.2) is 119 Å². The number of amides is 2. The quantitative estimate of drug-likeness (QED) is 0.178. The van der Waals surface area contributed by atoms with E-state index in [1.807, 2.05) is 67.5 Å². The second-order valence-electron chi connectivity index (χ2n) is 23.1. The Morgan fingerprint density at radius 2 is 0.829 bits per heavy atom. The van der Waals surface area contributed by atoms with Crippen molar-refractivity contribution in [2.24, 2.45) is 10.8 Å². The molecule has 0 bridgehead atoms. The molecule has 0 spiro atoms. The first-order valence-corrected chi connectivity index (χ1v) is 25.6. The molecule has 0 aromatic heterocycles. The number of ether oxygens (including phenoxy) is 2. The summed E-state index contributed by atoms with van der Waals surface area (Å²) in [6.07, 6.45) is 31.7. The van der Waals surface area contributed by atoms with E-state index in [1.165, 1.54) is 0 Å². The average molecular weight is 961 g/mol. The molecule has 0 N–H and O–H groups in total. The van der Waals surface area contributed by atoms with Gasteiger partial charge in [0.1, 0.15) is 11.2 Å². The molecule has 70 heavy (non-hydrogen) atoms. The van der Waals surface area contributed by atoms with Gasteiger partial charge in [-0.2, -0.15) is 0 Å². The lowest BCUT2D eigenvalue weighted by molar-refractivity contribution is -0.123. The fraction of sp³-hybridized carbons (Fsp3) is 0.567. The van der Waals surface area contributed by atoms with Crippen LogP contribution in [0.3, 0.4) is 0 Å². The predicted octanol–water partition coefficient (Wildman–Crippen LogP) is 12.8. The maximum Gasteiger partial charge on any atom is 0.410 e. The van der Waals surface area contributed by atoms with E-state index in [1.54, 1.807) is 9.80 Å². The first-order chi connectivity index (χ1) is 32.6. The molecule has 2 amide bonds. The van der Waals surface area contributed by atoms with Gasteiger partial charge in [0.25, 0.3) is 0 Å². The highest BCUT2D eigenvalue weighted by Crippen LogP contribution is 2.43. The van der Waals surface area contributed by atoms with Crippen LogP contribution in [0.1, 0.15) is 136 Å². The van der Waals surface area contributed by atoms with Crippen molar-refractivity contribution < 1.29 is 28.7 Å². The molecule has 2 atom stereocenters. The molecule has 2 aliphatic carbocycles. The zero-order valence-electron chi connectivity index (χ0n) is 46.0. The Bertz CT molecular complexity index is 2120. The summed E-state index contributed by atoms with van der Waals surface area (Å²) in [5.41, 5.74) is 6.81. The molecule has 2 aliphatic heterocycles. The number of rotatable bonds is 12. The minimum atomic E-state index is -0.537. The second kappa shape index (κ2) is 24.9. The molecule has 10 nitrogen and oxygen atoms in total. The summed E-state index contributed by atoms with van der Waals surface area (Å²) in [7, 11) is 0. The molecule has 0 radical (unpaired) electrons. The lowest BCUT2D eigenvalue weighted by atomic mass is 9.69. The number of carbonyl (C=O) groups is 4. The third-order valence-electron chi connectivity index (χ3n) is 13.6. The Kier molecular flexibility index (Phi) is 20.4. The Labute approximate surface area is 423 Å². The summed E-state index contributed by atoms with van der Waals surface area (Å²) >= 11 is 0. The van der Waals surface area contributed by atoms with Gasteiger partial charge in [-0.05, 0) is 142 Å². The van der Waals surface area contributed by atoms with Gasteiger partial charge in [0.2, 0.25) is 0 Å². The van der Waals surface area contributed by atoms with Gasteiger partial charge in [-0.15, -0.1) is 0 Å². The van der Waals surface area contributed by atoms with Gasteiger partial charge in [-0.1, -0.05) is 135 Å². The number of nitrogens with zero attached hydrogens (tertiary/aromatic N) is 4. The molecule has 2 heterocycles. The van der Waals surface area contributed by atoms with Crippen LogP contribution in [0.2, 0.25) is 0 Å². The standard InChI is InChI=1S/C60H88N4O6/c1-43(25-19-27-45(3)29-31-49-47(5)53(65)51(41-59(49,13)14)61-33-21-35-63(39-37-61)55(67)69-57(7,8)9)23-17-18-24-44(2)26-20-28-46(4)30-32-50-48(6)54(66)52(42-60(50,15)16)62-34-22-36-64(40-38-62)56(68)70-58(10,11)12/h17-20,23-32,51-52H,21-22,33-42H2,1-16H3. The number of allylic oxidation sites excluding steroid dienone is 20. The maximum atomic E-state index is 13.8. The third-order valence-corrected chi connectivity index (χ3v) is 13.6. The van der Waals surface area contributed by atoms with Crippen LogP contribution in [0.4, 0.5) is 9.59 Å². The van der Waals surface area contributed by atoms with E-state index >= 15 is 0 Å². The summed E-state index contributed by atoms with van der Waals surface area (Å²) in [4.78, 5) is 61.2. The number of hydrogen-bond donors (Lipinski definition) is 0. The van der Waals surface area contributed by atoms with E-state index < -0.39 is 11.2 Å². The van der Waals surface area contributed by atoms with E-state index in [0.717, 1.165) is 83.4 Å². The fourth-order valence-corrected chi connectivity index (χ4v) is 9.73. The normalized spacial score (nSPS) is 23.8. The predicted molar refractivity (Wildman–Crippen MR) is 289 cm³/mol. The van der Waals surface area contributed by atoms with Crippen molar-refractivity contribution >= 4 is 23.8 Å². The zero-order valence-corrected chi connectivity index (χ0v) is 46.0. The van der Waals surface area contributed by atoms with Gasteiger partial charge in [-0.25, -0.2) is 9.59 Å². The van der Waals surface area contributed by atoms with Crippen molar-refractivity contribution in [2.75, 3.05) is 52.4 Å². The van der Waals surface area contributed by atoms with Crippen molar-refractivity contribution in [1.29, 1.82) is 0 Å². The summed E-state index contributed by atoms with van der Waals surface area (Å²) in [6, 6.07) is -0.392. The van der Waals surface area contributed by atoms with Gasteiger partial charge in [0.05, 0.1) is 12.1 Å². The number of Topliss-reactive ketones (excluding diaryl/α,β-unsaturated/α-hetero) is 2. The molecule has 0 aromatic carbocycles. The molecular formula is C60H88N4O6. The van der Waals surface area contributed by atoms with Crippen molar-refractivity contribution in [3.05, 3.63) is 130 Å². The first kappa shape index (κ1) is 57.5. The summed E-state index contributed by atoms with van der Waals surface area (Å²) in [5, 5.41) is 0. The summed E-state index contributed by atoms with van der Waals surface area (Å²) in [5.74, 6) is 0.362. The molecular weight excluding hydrogens is 873 g/mol. The Balaban J connectivity index is 1.28. The highest BCUT2D eigenvalue weighted by atomic mass is 16.6. The van der Waals surface area contributed by atoms with Crippen LogP contribution < -0.4 is 0 Å². The van der Waals surface area contributed by atoms with Gasteiger partial charge in [0, 0.05) is 52.4 Å². The third kappa shape index (κ3) is 17.4. The number of ketones is 2. The number of hydrogen-bond acceptors (Lipinski definition) is 8. The Hall–Kier alpha value is -5.06. The maximum absolute atomic E-state index is 13.8. The van der Waals surface area contributed by atoms with Crippen molar-refractivity contribution in [2.45, 2.75) is 160 Å². The largest absolute Gasteiger partial charge is 0.444 e. The first-order valence-electron chi connectivity index (χ1n) is 25.6. The SMILES string of the molecule is CC(C=CC=C(C)C=CC1=C(C)C(=O)C(N2CCCN(C(=O)OC(C)(C)C)CC2)CC1(C)C)=CC=CC=C(C)C=CC=C(C)C=CC1=C(C)C(=O)C(N2CCCN(C(=O)OC(C)(C)C)CC2)CC1(C)C. The lowest BCUT2D eigenvalue weighted by Gasteiger charge is -2.41. The van der Waals surface area contributed by atoms with Crippen LogP contribution in [0.25, 0.3) is 0 Å². The average Bonchev–Trinajstić information content (AvgIpc) is 3.66. The molecule has 4 rings (SSSR count). The summed E-state index contributed by atoms with van der Waals surface area (Å²) < 4.78 is 11.2. The second-order valence-corrected chi connectivity index (χ2v) is 23.1. The van der Waals surface area contributed by atoms with Gasteiger partial charge in [-0.3, -0.25) is 19.4 Å². The van der Waals surface area contributed by atoms with Gasteiger partial charge >= 0.3 is 12.2 Å².